The highest BCUT2D eigenvalue weighted by Crippen LogP contribution is 2.18. The Morgan fingerprint density at radius 1 is 1.07 bits per heavy atom. The number of hydrogen-bond acceptors (Lipinski definition) is 1. The topological polar surface area (TPSA) is 21.5 Å². The van der Waals surface area contributed by atoms with Crippen LogP contribution in [0.25, 0.3) is 5.52 Å². The monoisotopic (exact) mass is 201 g/mol. The van der Waals surface area contributed by atoms with Crippen LogP contribution in [0.1, 0.15) is 26.3 Å². The van der Waals surface area contributed by atoms with Crippen LogP contribution in [0, 0.1) is 0 Å². The molecule has 0 N–H and O–H groups in total. The maximum atomic E-state index is 12.1. The summed E-state index contributed by atoms with van der Waals surface area (Å²) >= 11 is 0. The van der Waals surface area contributed by atoms with Gasteiger partial charge in [0.15, 0.2) is 0 Å². The van der Waals surface area contributed by atoms with Crippen LogP contribution in [-0.4, -0.2) is 4.40 Å². The first kappa shape index (κ1) is 9.97. The van der Waals surface area contributed by atoms with Crippen molar-refractivity contribution in [2.45, 2.75) is 26.2 Å². The van der Waals surface area contributed by atoms with Gasteiger partial charge in [-0.05, 0) is 23.6 Å². The lowest BCUT2D eigenvalue weighted by Gasteiger charge is -2.18. The summed E-state index contributed by atoms with van der Waals surface area (Å²) in [6.07, 6.45) is 1.81. The maximum Gasteiger partial charge on any atom is 0.258 e. The molecule has 0 fully saturated rings. The third-order valence-electron chi connectivity index (χ3n) is 2.57. The molecule has 2 nitrogen and oxygen atoms in total. The summed E-state index contributed by atoms with van der Waals surface area (Å²) < 4.78 is 1.70. The molecule has 0 unspecified atom stereocenters. The van der Waals surface area contributed by atoms with Crippen LogP contribution in [0.3, 0.4) is 0 Å². The van der Waals surface area contributed by atoms with Crippen LogP contribution in [0.4, 0.5) is 0 Å². The van der Waals surface area contributed by atoms with Crippen molar-refractivity contribution < 1.29 is 0 Å². The summed E-state index contributed by atoms with van der Waals surface area (Å²) in [4.78, 5) is 12.1. The lowest BCUT2D eigenvalue weighted by Crippen LogP contribution is -2.26. The van der Waals surface area contributed by atoms with E-state index in [1.54, 1.807) is 4.40 Å². The molecular weight excluding hydrogens is 186 g/mol. The van der Waals surface area contributed by atoms with Gasteiger partial charge in [0, 0.05) is 17.3 Å². The number of hydrogen-bond donors (Lipinski definition) is 0. The van der Waals surface area contributed by atoms with Crippen LogP contribution in [0.5, 0.6) is 0 Å². The fourth-order valence-electron chi connectivity index (χ4n) is 1.72. The van der Waals surface area contributed by atoms with Crippen molar-refractivity contribution in [1.29, 1.82) is 0 Å². The van der Waals surface area contributed by atoms with E-state index >= 15 is 0 Å². The highest BCUT2D eigenvalue weighted by atomic mass is 16.1. The number of rotatable bonds is 0. The second-order valence-corrected chi connectivity index (χ2v) is 4.80. The molecule has 2 aromatic heterocycles. The van der Waals surface area contributed by atoms with Crippen LogP contribution >= 0.6 is 0 Å². The first-order valence-corrected chi connectivity index (χ1v) is 5.11. The smallest absolute Gasteiger partial charge is 0.258 e. The lowest BCUT2D eigenvalue weighted by atomic mass is 9.88. The van der Waals surface area contributed by atoms with E-state index in [0.717, 1.165) is 11.1 Å². The van der Waals surface area contributed by atoms with Crippen LogP contribution < -0.4 is 5.56 Å². The van der Waals surface area contributed by atoms with Gasteiger partial charge in [0.25, 0.3) is 5.56 Å². The Kier molecular flexibility index (Phi) is 2.14. The number of aromatic nitrogens is 1. The summed E-state index contributed by atoms with van der Waals surface area (Å²) in [5.74, 6) is 0. The maximum absolute atomic E-state index is 12.1. The quantitative estimate of drug-likeness (QED) is 0.642. The van der Waals surface area contributed by atoms with Gasteiger partial charge in [-0.1, -0.05) is 32.9 Å². The van der Waals surface area contributed by atoms with Gasteiger partial charge in [-0.25, -0.2) is 0 Å². The van der Waals surface area contributed by atoms with Gasteiger partial charge >= 0.3 is 0 Å². The van der Waals surface area contributed by atoms with E-state index in [-0.39, 0.29) is 11.0 Å². The van der Waals surface area contributed by atoms with E-state index in [4.69, 9.17) is 0 Å². The minimum Gasteiger partial charge on any atom is -0.284 e. The highest BCUT2D eigenvalue weighted by molar-refractivity contribution is 5.47. The zero-order chi connectivity index (χ0) is 11.1. The molecule has 78 valence electrons. The average molecular weight is 201 g/mol. The molecule has 2 heteroatoms. The Hall–Kier alpha value is -1.57. The van der Waals surface area contributed by atoms with E-state index in [1.807, 2.05) is 36.5 Å². The molecule has 0 aliphatic rings. The standard InChI is InChI=1S/C13H15NO/c1-13(2,3)11-8-7-10-6-4-5-9-14(10)12(11)15/h4-9H,1-3H3. The van der Waals surface area contributed by atoms with Crippen molar-refractivity contribution in [1.82, 2.24) is 4.40 Å². The van der Waals surface area contributed by atoms with Crippen molar-refractivity contribution in [3.05, 3.63) is 52.4 Å². The van der Waals surface area contributed by atoms with E-state index in [9.17, 15) is 4.79 Å². The van der Waals surface area contributed by atoms with Gasteiger partial charge in [0.05, 0.1) is 0 Å². The molecule has 0 bridgehead atoms. The summed E-state index contributed by atoms with van der Waals surface area (Å²) in [6.45, 7) is 6.16. The van der Waals surface area contributed by atoms with Crippen LogP contribution in [0.15, 0.2) is 41.3 Å². The third kappa shape index (κ3) is 1.67. The molecule has 0 aliphatic heterocycles. The lowest BCUT2D eigenvalue weighted by molar-refractivity contribution is 0.580. The molecule has 2 aromatic rings. The van der Waals surface area contributed by atoms with E-state index in [1.165, 1.54) is 0 Å². The van der Waals surface area contributed by atoms with Gasteiger partial charge in [-0.15, -0.1) is 0 Å². The van der Waals surface area contributed by atoms with Gasteiger partial charge in [0.1, 0.15) is 0 Å². The summed E-state index contributed by atoms with van der Waals surface area (Å²) in [5, 5.41) is 0. The van der Waals surface area contributed by atoms with Gasteiger partial charge < -0.3 is 0 Å². The Labute approximate surface area is 89.2 Å². The molecule has 0 spiro atoms. The molecule has 15 heavy (non-hydrogen) atoms. The minimum atomic E-state index is -0.103. The molecule has 0 radical (unpaired) electrons. The molecule has 0 atom stereocenters. The fourth-order valence-corrected chi connectivity index (χ4v) is 1.72. The van der Waals surface area contributed by atoms with Crippen molar-refractivity contribution in [3.8, 4) is 0 Å². The van der Waals surface area contributed by atoms with Crippen molar-refractivity contribution >= 4 is 5.52 Å². The SMILES string of the molecule is CC(C)(C)c1ccc2ccccn2c1=O. The average Bonchev–Trinajstić information content (AvgIpc) is 2.16. The molecule has 0 saturated heterocycles. The molecule has 0 aromatic carbocycles. The van der Waals surface area contributed by atoms with Crippen molar-refractivity contribution in [2.75, 3.05) is 0 Å². The van der Waals surface area contributed by atoms with Crippen LogP contribution in [0.2, 0.25) is 0 Å². The highest BCUT2D eigenvalue weighted by Gasteiger charge is 2.17. The Morgan fingerprint density at radius 2 is 1.80 bits per heavy atom. The largest absolute Gasteiger partial charge is 0.284 e. The third-order valence-corrected chi connectivity index (χ3v) is 2.57. The second kappa shape index (κ2) is 3.23. The molecule has 0 aliphatic carbocycles. The molecular formula is C13H15NO. The Balaban J connectivity index is 2.83. The number of nitrogens with zero attached hydrogens (tertiary/aromatic N) is 1. The number of pyridine rings is 2. The summed E-state index contributed by atoms with van der Waals surface area (Å²) in [5.41, 5.74) is 1.77. The first-order valence-electron chi connectivity index (χ1n) is 5.11. The zero-order valence-corrected chi connectivity index (χ0v) is 9.32. The molecule has 0 saturated carbocycles. The van der Waals surface area contributed by atoms with Gasteiger partial charge in [-0.2, -0.15) is 0 Å². The minimum absolute atomic E-state index is 0.0839. The van der Waals surface area contributed by atoms with Gasteiger partial charge in [0.2, 0.25) is 0 Å². The normalized spacial score (nSPS) is 11.9. The first-order chi connectivity index (χ1) is 7.00. The van der Waals surface area contributed by atoms with E-state index < -0.39 is 0 Å². The Bertz CT molecular complexity index is 546. The van der Waals surface area contributed by atoms with E-state index in [2.05, 4.69) is 20.8 Å². The van der Waals surface area contributed by atoms with Gasteiger partial charge in [-0.3, -0.25) is 9.20 Å². The predicted molar refractivity (Wildman–Crippen MR) is 62.4 cm³/mol. The summed E-state index contributed by atoms with van der Waals surface area (Å²) in [7, 11) is 0. The molecule has 2 heterocycles. The Morgan fingerprint density at radius 3 is 2.47 bits per heavy atom. The predicted octanol–water partition coefficient (Wildman–Crippen LogP) is 2.60. The molecule has 0 amide bonds. The van der Waals surface area contributed by atoms with E-state index in [0.29, 0.717) is 0 Å². The fraction of sp³-hybridized carbons (Fsp3) is 0.308. The zero-order valence-electron chi connectivity index (χ0n) is 9.32. The van der Waals surface area contributed by atoms with Crippen LogP contribution in [-0.2, 0) is 5.41 Å². The van der Waals surface area contributed by atoms with Crippen molar-refractivity contribution in [2.24, 2.45) is 0 Å². The molecule has 2 rings (SSSR count). The van der Waals surface area contributed by atoms with Crippen molar-refractivity contribution in [3.63, 3.8) is 0 Å². The number of fused-ring (bicyclic) bond motifs is 1. The second-order valence-electron chi connectivity index (χ2n) is 4.80. The summed E-state index contributed by atoms with van der Waals surface area (Å²) in [6, 6.07) is 9.67.